The fourth-order valence-corrected chi connectivity index (χ4v) is 4.34. The SMILES string of the molecule is CC.CC1c2cc3c(cc2CCN2CCCC12/C=C\O)OCO3. The van der Waals surface area contributed by atoms with Gasteiger partial charge in [-0.1, -0.05) is 20.8 Å². The predicted octanol–water partition coefficient (Wildman–Crippen LogP) is 4.01. The molecule has 23 heavy (non-hydrogen) atoms. The quantitative estimate of drug-likeness (QED) is 0.795. The lowest BCUT2D eigenvalue weighted by molar-refractivity contribution is 0.164. The molecule has 0 spiro atoms. The van der Waals surface area contributed by atoms with Crippen LogP contribution in [0.3, 0.4) is 0 Å². The van der Waals surface area contributed by atoms with Gasteiger partial charge in [0.05, 0.1) is 6.26 Å². The lowest BCUT2D eigenvalue weighted by Crippen LogP contribution is -2.45. The zero-order valence-corrected chi connectivity index (χ0v) is 14.3. The van der Waals surface area contributed by atoms with Crippen LogP contribution in [0.4, 0.5) is 0 Å². The molecule has 2 atom stereocenters. The van der Waals surface area contributed by atoms with E-state index in [0.717, 1.165) is 37.4 Å². The van der Waals surface area contributed by atoms with Crippen molar-refractivity contribution in [3.8, 4) is 11.5 Å². The topological polar surface area (TPSA) is 41.9 Å². The zero-order chi connectivity index (χ0) is 16.4. The summed E-state index contributed by atoms with van der Waals surface area (Å²) in [6, 6.07) is 4.30. The van der Waals surface area contributed by atoms with Crippen molar-refractivity contribution >= 4 is 0 Å². The highest BCUT2D eigenvalue weighted by atomic mass is 16.7. The highest BCUT2D eigenvalue weighted by Gasteiger charge is 2.46. The Morgan fingerprint density at radius 3 is 2.70 bits per heavy atom. The number of fused-ring (bicyclic) bond motifs is 3. The normalized spacial score (nSPS) is 28.7. The first-order valence-electron chi connectivity index (χ1n) is 8.74. The average molecular weight is 317 g/mol. The van der Waals surface area contributed by atoms with Crippen LogP contribution >= 0.6 is 0 Å². The molecule has 1 N–H and O–H groups in total. The summed E-state index contributed by atoms with van der Waals surface area (Å²) in [4.78, 5) is 2.53. The van der Waals surface area contributed by atoms with Gasteiger partial charge in [-0.05, 0) is 55.1 Å². The van der Waals surface area contributed by atoms with E-state index in [0.29, 0.717) is 12.7 Å². The van der Waals surface area contributed by atoms with E-state index in [1.807, 2.05) is 19.9 Å². The Balaban J connectivity index is 0.000000753. The molecule has 0 radical (unpaired) electrons. The van der Waals surface area contributed by atoms with E-state index in [2.05, 4.69) is 24.0 Å². The van der Waals surface area contributed by atoms with Crippen molar-refractivity contribution in [3.63, 3.8) is 0 Å². The highest BCUT2D eigenvalue weighted by molar-refractivity contribution is 5.51. The largest absolute Gasteiger partial charge is 0.516 e. The second kappa shape index (κ2) is 6.44. The minimum atomic E-state index is -0.0618. The molecule has 0 bridgehead atoms. The number of hydrogen-bond donors (Lipinski definition) is 1. The molecule has 0 aromatic heterocycles. The Labute approximate surface area is 138 Å². The van der Waals surface area contributed by atoms with Crippen LogP contribution in [0.25, 0.3) is 0 Å². The molecule has 3 aliphatic rings. The van der Waals surface area contributed by atoms with Gasteiger partial charge in [-0.25, -0.2) is 0 Å². The maximum absolute atomic E-state index is 9.42. The van der Waals surface area contributed by atoms with Crippen molar-refractivity contribution in [2.45, 2.75) is 51.5 Å². The minimum Gasteiger partial charge on any atom is -0.516 e. The minimum absolute atomic E-state index is 0.0618. The molecule has 0 aliphatic carbocycles. The summed E-state index contributed by atoms with van der Waals surface area (Å²) in [5, 5.41) is 9.42. The van der Waals surface area contributed by atoms with Crippen LogP contribution in [0, 0.1) is 0 Å². The molecule has 126 valence electrons. The Hall–Kier alpha value is -1.68. The number of benzene rings is 1. The predicted molar refractivity (Wildman–Crippen MR) is 91.3 cm³/mol. The Morgan fingerprint density at radius 1 is 1.22 bits per heavy atom. The van der Waals surface area contributed by atoms with Crippen LogP contribution < -0.4 is 9.47 Å². The number of aliphatic hydroxyl groups is 1. The van der Waals surface area contributed by atoms with Gasteiger partial charge in [-0.2, -0.15) is 0 Å². The molecule has 4 heteroatoms. The van der Waals surface area contributed by atoms with E-state index in [1.54, 1.807) is 0 Å². The van der Waals surface area contributed by atoms with Crippen molar-refractivity contribution in [2.75, 3.05) is 19.9 Å². The van der Waals surface area contributed by atoms with Crippen molar-refractivity contribution in [3.05, 3.63) is 35.6 Å². The van der Waals surface area contributed by atoms with Crippen LogP contribution in [-0.4, -0.2) is 35.4 Å². The van der Waals surface area contributed by atoms with E-state index in [9.17, 15) is 5.11 Å². The third-order valence-corrected chi connectivity index (χ3v) is 5.46. The maximum Gasteiger partial charge on any atom is 0.231 e. The van der Waals surface area contributed by atoms with Gasteiger partial charge in [0.25, 0.3) is 0 Å². The van der Waals surface area contributed by atoms with Crippen molar-refractivity contribution in [1.82, 2.24) is 4.90 Å². The van der Waals surface area contributed by atoms with Gasteiger partial charge >= 0.3 is 0 Å². The molecule has 4 nitrogen and oxygen atoms in total. The number of aliphatic hydroxyl groups excluding tert-OH is 1. The van der Waals surface area contributed by atoms with E-state index in [-0.39, 0.29) is 5.54 Å². The fraction of sp³-hybridized carbons (Fsp3) is 0.579. The molecule has 0 saturated carbocycles. The summed E-state index contributed by atoms with van der Waals surface area (Å²) in [5.74, 6) is 2.06. The van der Waals surface area contributed by atoms with Gasteiger partial charge < -0.3 is 14.6 Å². The molecular weight excluding hydrogens is 290 g/mol. The van der Waals surface area contributed by atoms with E-state index in [4.69, 9.17) is 9.47 Å². The molecule has 1 fully saturated rings. The molecule has 3 aliphatic heterocycles. The van der Waals surface area contributed by atoms with Gasteiger partial charge in [-0.15, -0.1) is 0 Å². The van der Waals surface area contributed by atoms with Crippen molar-refractivity contribution in [2.24, 2.45) is 0 Å². The second-order valence-electron chi connectivity index (χ2n) is 6.27. The summed E-state index contributed by atoms with van der Waals surface area (Å²) >= 11 is 0. The van der Waals surface area contributed by atoms with Gasteiger partial charge in [0, 0.05) is 18.0 Å². The fourth-order valence-electron chi connectivity index (χ4n) is 4.34. The van der Waals surface area contributed by atoms with Crippen LogP contribution in [0.1, 0.15) is 50.7 Å². The summed E-state index contributed by atoms with van der Waals surface area (Å²) in [7, 11) is 0. The molecule has 4 rings (SSSR count). The smallest absolute Gasteiger partial charge is 0.231 e. The van der Waals surface area contributed by atoms with E-state index < -0.39 is 0 Å². The van der Waals surface area contributed by atoms with Crippen LogP contribution in [0.2, 0.25) is 0 Å². The van der Waals surface area contributed by atoms with Crippen molar-refractivity contribution < 1.29 is 14.6 Å². The van der Waals surface area contributed by atoms with Crippen LogP contribution in [0.5, 0.6) is 11.5 Å². The van der Waals surface area contributed by atoms with Gasteiger partial charge in [0.15, 0.2) is 11.5 Å². The lowest BCUT2D eigenvalue weighted by Gasteiger charge is -2.39. The van der Waals surface area contributed by atoms with Crippen LogP contribution in [0.15, 0.2) is 24.5 Å². The first-order chi connectivity index (χ1) is 11.2. The molecular formula is C19H27NO3. The Morgan fingerprint density at radius 2 is 1.96 bits per heavy atom. The average Bonchev–Trinajstić information content (AvgIpc) is 3.18. The first kappa shape index (κ1) is 16.2. The number of ether oxygens (including phenoxy) is 2. The number of nitrogens with zero attached hydrogens (tertiary/aromatic N) is 1. The monoisotopic (exact) mass is 317 g/mol. The summed E-state index contributed by atoms with van der Waals surface area (Å²) in [6.07, 6.45) is 6.53. The van der Waals surface area contributed by atoms with Crippen LogP contribution in [-0.2, 0) is 6.42 Å². The molecule has 2 unspecified atom stereocenters. The van der Waals surface area contributed by atoms with Crippen molar-refractivity contribution in [1.29, 1.82) is 0 Å². The summed E-state index contributed by atoms with van der Waals surface area (Å²) in [5.41, 5.74) is 2.63. The molecule has 1 aromatic carbocycles. The summed E-state index contributed by atoms with van der Waals surface area (Å²) < 4.78 is 11.1. The third-order valence-electron chi connectivity index (χ3n) is 5.46. The molecule has 0 amide bonds. The highest BCUT2D eigenvalue weighted by Crippen LogP contribution is 2.48. The third kappa shape index (κ3) is 2.49. The van der Waals surface area contributed by atoms with Gasteiger partial charge in [0.2, 0.25) is 6.79 Å². The standard InChI is InChI=1S/C17H21NO3.C2H6/c1-12-14-10-16-15(20-11-21-16)9-13(14)3-7-18-6-2-4-17(12,18)5-8-19;1-2/h5,8-10,12,19H,2-4,6-7,11H2,1H3;1-2H3/b8-5-;. The van der Waals surface area contributed by atoms with E-state index >= 15 is 0 Å². The lowest BCUT2D eigenvalue weighted by atomic mass is 9.77. The van der Waals surface area contributed by atoms with E-state index in [1.165, 1.54) is 23.8 Å². The summed E-state index contributed by atoms with van der Waals surface area (Å²) in [6.45, 7) is 8.72. The number of rotatable bonds is 1. The second-order valence-corrected chi connectivity index (χ2v) is 6.27. The molecule has 1 saturated heterocycles. The zero-order valence-electron chi connectivity index (χ0n) is 14.3. The maximum atomic E-state index is 9.42. The molecule has 3 heterocycles. The Kier molecular flexibility index (Phi) is 4.53. The first-order valence-corrected chi connectivity index (χ1v) is 8.74. The Bertz CT molecular complexity index is 599. The molecule has 1 aromatic rings. The van der Waals surface area contributed by atoms with Gasteiger partial charge in [-0.3, -0.25) is 4.90 Å². The van der Waals surface area contributed by atoms with Gasteiger partial charge in [0.1, 0.15) is 0 Å². The number of hydrogen-bond acceptors (Lipinski definition) is 4.